The van der Waals surface area contributed by atoms with Crippen molar-refractivity contribution < 1.29 is 27.4 Å². The maximum Gasteiger partial charge on any atom is 0.422 e. The van der Waals surface area contributed by atoms with Gasteiger partial charge in [0.1, 0.15) is 11.4 Å². The van der Waals surface area contributed by atoms with Gasteiger partial charge in [0, 0.05) is 19.2 Å². The Morgan fingerprint density at radius 1 is 1.31 bits per heavy atom. The van der Waals surface area contributed by atoms with Gasteiger partial charge in [-0.25, -0.2) is 0 Å². The minimum Gasteiger partial charge on any atom is -0.484 e. The summed E-state index contributed by atoms with van der Waals surface area (Å²) in [6.45, 7) is 1.81. The fourth-order valence-electron chi connectivity index (χ4n) is 2.79. The fourth-order valence-corrected chi connectivity index (χ4v) is 2.79. The summed E-state index contributed by atoms with van der Waals surface area (Å²) in [6.07, 6.45) is -3.33. The summed E-state index contributed by atoms with van der Waals surface area (Å²) in [7, 11) is 1.49. The number of amides is 1. The smallest absolute Gasteiger partial charge is 0.422 e. The van der Waals surface area contributed by atoms with Crippen LogP contribution in [-0.2, 0) is 16.1 Å². The number of carbonyl (C=O) groups is 1. The Bertz CT molecular complexity index is 605. The number of alkyl halides is 3. The highest BCUT2D eigenvalue weighted by molar-refractivity contribution is 5.85. The number of methoxy groups -OCH3 is 1. The molecule has 0 radical (unpaired) electrons. The van der Waals surface area contributed by atoms with E-state index >= 15 is 0 Å². The zero-order valence-electron chi connectivity index (χ0n) is 14.7. The van der Waals surface area contributed by atoms with Crippen LogP contribution in [-0.4, -0.2) is 44.5 Å². The van der Waals surface area contributed by atoms with E-state index in [0.29, 0.717) is 31.5 Å². The van der Waals surface area contributed by atoms with Gasteiger partial charge in [-0.3, -0.25) is 4.79 Å². The summed E-state index contributed by atoms with van der Waals surface area (Å²) in [6, 6.07) is 4.95. The van der Waals surface area contributed by atoms with Crippen LogP contribution in [0.3, 0.4) is 0 Å². The van der Waals surface area contributed by atoms with Gasteiger partial charge in [-0.1, -0.05) is 12.1 Å². The van der Waals surface area contributed by atoms with E-state index in [0.717, 1.165) is 5.56 Å². The number of hydrogen-bond donors (Lipinski definition) is 2. The summed E-state index contributed by atoms with van der Waals surface area (Å²) in [5.41, 5.74) is 0.366. The largest absolute Gasteiger partial charge is 0.484 e. The molecule has 1 aromatic carbocycles. The molecule has 1 amide bonds. The number of halogens is 4. The first-order chi connectivity index (χ1) is 11.8. The summed E-state index contributed by atoms with van der Waals surface area (Å²) in [5.74, 6) is -0.145. The first-order valence-corrected chi connectivity index (χ1v) is 8.09. The molecular formula is C17H24ClF3N2O3. The molecule has 1 aliphatic rings. The number of carbonyl (C=O) groups excluding carboxylic acids is 1. The monoisotopic (exact) mass is 396 g/mol. The van der Waals surface area contributed by atoms with Crippen LogP contribution in [0.2, 0.25) is 0 Å². The average Bonchev–Trinajstić information content (AvgIpc) is 2.58. The number of hydrogen-bond acceptors (Lipinski definition) is 4. The average molecular weight is 397 g/mol. The van der Waals surface area contributed by atoms with Crippen LogP contribution in [0.15, 0.2) is 18.2 Å². The van der Waals surface area contributed by atoms with E-state index < -0.39 is 18.4 Å². The van der Waals surface area contributed by atoms with E-state index in [2.05, 4.69) is 10.6 Å². The normalized spacial score (nSPS) is 16.5. The summed E-state index contributed by atoms with van der Waals surface area (Å²) in [5, 5.41) is 5.93. The molecule has 0 atom stereocenters. The SMILES string of the molecule is COC1(C(=O)NCc2ccc(C)cc2OCC(F)(F)F)CCNCC1.Cl. The van der Waals surface area contributed by atoms with E-state index in [1.165, 1.54) is 13.2 Å². The zero-order valence-corrected chi connectivity index (χ0v) is 15.6. The minimum atomic E-state index is -4.42. The Hall–Kier alpha value is -1.51. The first kappa shape index (κ1) is 22.5. The van der Waals surface area contributed by atoms with E-state index in [9.17, 15) is 18.0 Å². The number of piperidine rings is 1. The topological polar surface area (TPSA) is 59.6 Å². The molecule has 0 aliphatic carbocycles. The van der Waals surface area contributed by atoms with Crippen LogP contribution in [0.5, 0.6) is 5.75 Å². The second kappa shape index (κ2) is 9.43. The van der Waals surface area contributed by atoms with Crippen molar-refractivity contribution in [3.05, 3.63) is 29.3 Å². The number of benzene rings is 1. The second-order valence-corrected chi connectivity index (χ2v) is 6.15. The Kier molecular flexibility index (Phi) is 8.17. The molecular weight excluding hydrogens is 373 g/mol. The van der Waals surface area contributed by atoms with Crippen LogP contribution in [0.1, 0.15) is 24.0 Å². The van der Waals surface area contributed by atoms with Crippen molar-refractivity contribution in [2.24, 2.45) is 0 Å². The molecule has 26 heavy (non-hydrogen) atoms. The Morgan fingerprint density at radius 2 is 1.96 bits per heavy atom. The Labute approximate surface area is 157 Å². The van der Waals surface area contributed by atoms with Gasteiger partial charge in [0.25, 0.3) is 5.91 Å². The summed E-state index contributed by atoms with van der Waals surface area (Å²) in [4.78, 5) is 12.5. The van der Waals surface area contributed by atoms with Gasteiger partial charge in [-0.15, -0.1) is 12.4 Å². The molecule has 2 rings (SSSR count). The van der Waals surface area contributed by atoms with E-state index in [1.807, 2.05) is 0 Å². The molecule has 1 aliphatic heterocycles. The van der Waals surface area contributed by atoms with Crippen molar-refractivity contribution in [3.63, 3.8) is 0 Å². The van der Waals surface area contributed by atoms with Crippen molar-refractivity contribution in [3.8, 4) is 5.75 Å². The third-order valence-electron chi connectivity index (χ3n) is 4.27. The van der Waals surface area contributed by atoms with Crippen LogP contribution in [0, 0.1) is 6.92 Å². The number of rotatable bonds is 6. The van der Waals surface area contributed by atoms with Gasteiger partial charge >= 0.3 is 6.18 Å². The van der Waals surface area contributed by atoms with Crippen molar-refractivity contribution in [2.45, 2.75) is 38.1 Å². The predicted molar refractivity (Wildman–Crippen MR) is 93.7 cm³/mol. The van der Waals surface area contributed by atoms with Gasteiger partial charge in [-0.05, 0) is 44.5 Å². The molecule has 148 valence electrons. The lowest BCUT2D eigenvalue weighted by Gasteiger charge is -2.34. The van der Waals surface area contributed by atoms with Gasteiger partial charge in [0.05, 0.1) is 0 Å². The maximum absolute atomic E-state index is 12.5. The molecule has 9 heteroatoms. The first-order valence-electron chi connectivity index (χ1n) is 8.09. The number of nitrogens with one attached hydrogen (secondary N) is 2. The highest BCUT2D eigenvalue weighted by Crippen LogP contribution is 2.25. The van der Waals surface area contributed by atoms with Crippen molar-refractivity contribution in [2.75, 3.05) is 26.8 Å². The minimum absolute atomic E-state index is 0. The van der Waals surface area contributed by atoms with Crippen LogP contribution in [0.4, 0.5) is 13.2 Å². The Balaban J connectivity index is 0.00000338. The van der Waals surface area contributed by atoms with Gasteiger partial charge in [-0.2, -0.15) is 13.2 Å². The molecule has 0 bridgehead atoms. The number of ether oxygens (including phenoxy) is 2. The molecule has 5 nitrogen and oxygen atoms in total. The van der Waals surface area contributed by atoms with Gasteiger partial charge in [0.15, 0.2) is 6.61 Å². The molecule has 1 heterocycles. The third kappa shape index (κ3) is 6.03. The quantitative estimate of drug-likeness (QED) is 0.776. The molecule has 1 fully saturated rings. The van der Waals surface area contributed by atoms with Gasteiger partial charge < -0.3 is 20.1 Å². The number of aryl methyl sites for hydroxylation is 1. The molecule has 0 aromatic heterocycles. The fraction of sp³-hybridized carbons (Fsp3) is 0.588. The van der Waals surface area contributed by atoms with E-state index in [1.54, 1.807) is 19.1 Å². The van der Waals surface area contributed by atoms with E-state index in [-0.39, 0.29) is 30.6 Å². The molecule has 1 saturated heterocycles. The standard InChI is InChI=1S/C17H23F3N2O3.ClH/c1-12-3-4-13(14(9-12)25-11-17(18,19)20)10-22-15(23)16(24-2)5-7-21-8-6-16;/h3-4,9,21H,5-8,10-11H2,1-2H3,(H,22,23);1H. The molecule has 2 N–H and O–H groups in total. The molecule has 0 spiro atoms. The van der Waals surface area contributed by atoms with E-state index in [4.69, 9.17) is 9.47 Å². The second-order valence-electron chi connectivity index (χ2n) is 6.15. The third-order valence-corrected chi connectivity index (χ3v) is 4.27. The highest BCUT2D eigenvalue weighted by Gasteiger charge is 2.39. The maximum atomic E-state index is 12.5. The van der Waals surface area contributed by atoms with Crippen LogP contribution >= 0.6 is 12.4 Å². The van der Waals surface area contributed by atoms with Crippen LogP contribution < -0.4 is 15.4 Å². The molecule has 1 aromatic rings. The van der Waals surface area contributed by atoms with Gasteiger partial charge in [0.2, 0.25) is 0 Å². The van der Waals surface area contributed by atoms with Crippen molar-refractivity contribution in [1.29, 1.82) is 0 Å². The lowest BCUT2D eigenvalue weighted by atomic mass is 9.91. The predicted octanol–water partition coefficient (Wildman–Crippen LogP) is 2.74. The highest BCUT2D eigenvalue weighted by atomic mass is 35.5. The summed E-state index contributed by atoms with van der Waals surface area (Å²) >= 11 is 0. The van der Waals surface area contributed by atoms with Crippen LogP contribution in [0.25, 0.3) is 0 Å². The lowest BCUT2D eigenvalue weighted by molar-refractivity contribution is -0.153. The summed E-state index contributed by atoms with van der Waals surface area (Å²) < 4.78 is 47.6. The molecule has 0 saturated carbocycles. The lowest BCUT2D eigenvalue weighted by Crippen LogP contribution is -2.53. The molecule has 0 unspecified atom stereocenters. The zero-order chi connectivity index (χ0) is 18.5. The Morgan fingerprint density at radius 3 is 2.54 bits per heavy atom. The van der Waals surface area contributed by atoms with Crippen molar-refractivity contribution >= 4 is 18.3 Å². The van der Waals surface area contributed by atoms with Crippen molar-refractivity contribution in [1.82, 2.24) is 10.6 Å².